The van der Waals surface area contributed by atoms with E-state index in [9.17, 15) is 0 Å². The van der Waals surface area contributed by atoms with Gasteiger partial charge >= 0.3 is 0 Å². The van der Waals surface area contributed by atoms with Crippen LogP contribution in [0.15, 0.2) is 42.7 Å². The smallest absolute Gasteiger partial charge is 0.0648 e. The summed E-state index contributed by atoms with van der Waals surface area (Å²) in [6.07, 6.45) is 7.08. The maximum absolute atomic E-state index is 5.49. The van der Waals surface area contributed by atoms with Gasteiger partial charge in [0, 0.05) is 12.4 Å². The zero-order valence-corrected chi connectivity index (χ0v) is 9.34. The van der Waals surface area contributed by atoms with E-state index in [1.165, 1.54) is 5.56 Å². The van der Waals surface area contributed by atoms with Crippen molar-refractivity contribution in [3.8, 4) is 5.69 Å². The minimum absolute atomic E-state index is 0.777. The average Bonchev–Trinajstić information content (AvgIpc) is 2.83. The van der Waals surface area contributed by atoms with Crippen molar-refractivity contribution in [1.29, 1.82) is 0 Å². The van der Waals surface area contributed by atoms with Crippen molar-refractivity contribution in [2.45, 2.75) is 19.3 Å². The third-order valence-corrected chi connectivity index (χ3v) is 2.60. The van der Waals surface area contributed by atoms with E-state index in [2.05, 4.69) is 29.4 Å². The zero-order valence-electron chi connectivity index (χ0n) is 9.34. The van der Waals surface area contributed by atoms with E-state index in [4.69, 9.17) is 5.73 Å². The summed E-state index contributed by atoms with van der Waals surface area (Å²) in [4.78, 5) is 0. The molecular formula is C13H17N3. The van der Waals surface area contributed by atoms with Gasteiger partial charge in [-0.25, -0.2) is 4.68 Å². The van der Waals surface area contributed by atoms with Crippen molar-refractivity contribution in [3.05, 3.63) is 48.3 Å². The number of benzene rings is 1. The Labute approximate surface area is 95.9 Å². The van der Waals surface area contributed by atoms with Gasteiger partial charge in [-0.3, -0.25) is 0 Å². The van der Waals surface area contributed by atoms with Crippen LogP contribution in [-0.4, -0.2) is 16.3 Å². The molecule has 2 rings (SSSR count). The lowest BCUT2D eigenvalue weighted by Gasteiger charge is -2.05. The van der Waals surface area contributed by atoms with Gasteiger partial charge in [0.2, 0.25) is 0 Å². The summed E-state index contributed by atoms with van der Waals surface area (Å²) < 4.78 is 1.88. The lowest BCUT2D eigenvalue weighted by Crippen LogP contribution is -1.99. The fraction of sp³-hybridized carbons (Fsp3) is 0.308. The minimum Gasteiger partial charge on any atom is -0.330 e. The number of hydrogen-bond donors (Lipinski definition) is 1. The van der Waals surface area contributed by atoms with Crippen LogP contribution in [0, 0.1) is 0 Å². The van der Waals surface area contributed by atoms with Crippen LogP contribution in [0.4, 0.5) is 0 Å². The van der Waals surface area contributed by atoms with Gasteiger partial charge in [0.15, 0.2) is 0 Å². The van der Waals surface area contributed by atoms with Crippen LogP contribution in [0.5, 0.6) is 0 Å². The number of unbranched alkanes of at least 4 members (excludes halogenated alkanes) is 1. The summed E-state index contributed by atoms with van der Waals surface area (Å²) in [6, 6.07) is 10.4. The van der Waals surface area contributed by atoms with Crippen LogP contribution in [0.2, 0.25) is 0 Å². The Morgan fingerprint density at radius 3 is 2.88 bits per heavy atom. The highest BCUT2D eigenvalue weighted by molar-refractivity contribution is 5.35. The zero-order chi connectivity index (χ0) is 11.2. The van der Waals surface area contributed by atoms with E-state index in [0.29, 0.717) is 0 Å². The second kappa shape index (κ2) is 5.47. The molecule has 0 aliphatic rings. The van der Waals surface area contributed by atoms with Gasteiger partial charge in [-0.2, -0.15) is 5.10 Å². The summed E-state index contributed by atoms with van der Waals surface area (Å²) in [5.74, 6) is 0. The van der Waals surface area contributed by atoms with E-state index in [1.54, 1.807) is 6.20 Å². The first kappa shape index (κ1) is 10.9. The van der Waals surface area contributed by atoms with E-state index in [1.807, 2.05) is 16.9 Å². The first-order chi connectivity index (χ1) is 7.90. The molecule has 3 heteroatoms. The minimum atomic E-state index is 0.777. The number of nitrogens with zero attached hydrogens (tertiary/aromatic N) is 2. The van der Waals surface area contributed by atoms with Gasteiger partial charge in [-0.1, -0.05) is 12.1 Å². The molecule has 0 radical (unpaired) electrons. The van der Waals surface area contributed by atoms with Gasteiger partial charge in [0.1, 0.15) is 0 Å². The highest BCUT2D eigenvalue weighted by Gasteiger charge is 1.98. The molecule has 1 heterocycles. The maximum Gasteiger partial charge on any atom is 0.0648 e. The summed E-state index contributed by atoms with van der Waals surface area (Å²) in [5, 5.41) is 4.22. The third kappa shape index (κ3) is 2.70. The molecule has 0 saturated heterocycles. The first-order valence-electron chi connectivity index (χ1n) is 5.69. The number of hydrogen-bond acceptors (Lipinski definition) is 2. The number of aromatic nitrogens is 2. The topological polar surface area (TPSA) is 43.8 Å². The normalized spacial score (nSPS) is 10.6. The number of nitrogens with two attached hydrogens (primary N) is 1. The Kier molecular flexibility index (Phi) is 3.72. The van der Waals surface area contributed by atoms with Crippen molar-refractivity contribution in [2.75, 3.05) is 6.54 Å². The standard InChI is InChI=1S/C13H17N3/c14-8-2-1-5-12-6-3-7-13(11-12)16-10-4-9-15-16/h3-4,6-7,9-11H,1-2,5,8,14H2. The molecule has 3 nitrogen and oxygen atoms in total. The van der Waals surface area contributed by atoms with E-state index < -0.39 is 0 Å². The second-order valence-electron chi connectivity index (χ2n) is 3.87. The van der Waals surface area contributed by atoms with E-state index in [-0.39, 0.29) is 0 Å². The molecule has 2 aromatic rings. The number of rotatable bonds is 5. The van der Waals surface area contributed by atoms with Crippen LogP contribution in [0.1, 0.15) is 18.4 Å². The summed E-state index contributed by atoms with van der Waals surface area (Å²) >= 11 is 0. The Morgan fingerprint density at radius 2 is 2.12 bits per heavy atom. The molecule has 0 fully saturated rings. The molecule has 0 aliphatic carbocycles. The molecule has 0 amide bonds. The lowest BCUT2D eigenvalue weighted by atomic mass is 10.1. The Balaban J connectivity index is 2.08. The highest BCUT2D eigenvalue weighted by atomic mass is 15.3. The molecule has 0 saturated carbocycles. The quantitative estimate of drug-likeness (QED) is 0.777. The highest BCUT2D eigenvalue weighted by Crippen LogP contribution is 2.11. The molecule has 0 atom stereocenters. The molecule has 2 N–H and O–H groups in total. The second-order valence-corrected chi connectivity index (χ2v) is 3.87. The van der Waals surface area contributed by atoms with Crippen molar-refractivity contribution in [2.24, 2.45) is 5.73 Å². The molecule has 0 spiro atoms. The molecule has 0 aliphatic heterocycles. The SMILES string of the molecule is NCCCCc1cccc(-n2cccn2)c1. The van der Waals surface area contributed by atoms with E-state index in [0.717, 1.165) is 31.5 Å². The molecular weight excluding hydrogens is 198 g/mol. The van der Waals surface area contributed by atoms with Crippen LogP contribution >= 0.6 is 0 Å². The van der Waals surface area contributed by atoms with E-state index >= 15 is 0 Å². The molecule has 16 heavy (non-hydrogen) atoms. The van der Waals surface area contributed by atoms with Crippen molar-refractivity contribution in [1.82, 2.24) is 9.78 Å². The van der Waals surface area contributed by atoms with Gasteiger partial charge in [-0.15, -0.1) is 0 Å². The molecule has 1 aromatic carbocycles. The predicted molar refractivity (Wildman–Crippen MR) is 65.6 cm³/mol. The van der Waals surface area contributed by atoms with Crippen LogP contribution in [0.3, 0.4) is 0 Å². The van der Waals surface area contributed by atoms with Crippen molar-refractivity contribution < 1.29 is 0 Å². The van der Waals surface area contributed by atoms with Crippen LogP contribution in [-0.2, 0) is 6.42 Å². The first-order valence-corrected chi connectivity index (χ1v) is 5.69. The molecule has 84 valence electrons. The van der Waals surface area contributed by atoms with Crippen molar-refractivity contribution in [3.63, 3.8) is 0 Å². The molecule has 1 aromatic heterocycles. The van der Waals surface area contributed by atoms with Gasteiger partial charge in [0.05, 0.1) is 5.69 Å². The summed E-state index contributed by atoms with van der Waals surface area (Å²) in [6.45, 7) is 0.777. The van der Waals surface area contributed by atoms with Crippen LogP contribution in [0.25, 0.3) is 5.69 Å². The molecule has 0 bridgehead atoms. The molecule has 0 unspecified atom stereocenters. The fourth-order valence-electron chi connectivity index (χ4n) is 1.75. The summed E-state index contributed by atoms with van der Waals surface area (Å²) in [5.41, 5.74) is 7.95. The Bertz CT molecular complexity index is 421. The number of aryl methyl sites for hydroxylation is 1. The fourth-order valence-corrected chi connectivity index (χ4v) is 1.75. The Morgan fingerprint density at radius 1 is 1.19 bits per heavy atom. The maximum atomic E-state index is 5.49. The van der Waals surface area contributed by atoms with Crippen molar-refractivity contribution >= 4 is 0 Å². The lowest BCUT2D eigenvalue weighted by molar-refractivity contribution is 0.743. The van der Waals surface area contributed by atoms with Gasteiger partial charge < -0.3 is 5.73 Å². The largest absolute Gasteiger partial charge is 0.330 e. The van der Waals surface area contributed by atoms with Gasteiger partial charge in [-0.05, 0) is 49.6 Å². The predicted octanol–water partition coefficient (Wildman–Crippen LogP) is 2.15. The Hall–Kier alpha value is -1.61. The van der Waals surface area contributed by atoms with Crippen LogP contribution < -0.4 is 5.73 Å². The third-order valence-electron chi connectivity index (χ3n) is 2.60. The van der Waals surface area contributed by atoms with Gasteiger partial charge in [0.25, 0.3) is 0 Å². The monoisotopic (exact) mass is 215 g/mol. The average molecular weight is 215 g/mol. The summed E-state index contributed by atoms with van der Waals surface area (Å²) in [7, 11) is 0.